The molecule has 1 amide bonds. The minimum absolute atomic E-state index is 0.0102. The molecule has 2 heterocycles. The van der Waals surface area contributed by atoms with Crippen LogP contribution < -0.4 is 26.3 Å². The maximum Gasteiger partial charge on any atom is 0.251 e. The first-order valence-electron chi connectivity index (χ1n) is 9.71. The fraction of sp³-hybridized carbons (Fsp3) is 0.238. The Labute approximate surface area is 177 Å². The number of hydrogen-bond acceptors (Lipinski definition) is 7. The molecule has 160 valence electrons. The van der Waals surface area contributed by atoms with Gasteiger partial charge in [-0.1, -0.05) is 6.07 Å². The minimum Gasteiger partial charge on any atom is -0.454 e. The van der Waals surface area contributed by atoms with Crippen molar-refractivity contribution >= 4 is 28.6 Å². The largest absolute Gasteiger partial charge is 0.454 e. The van der Waals surface area contributed by atoms with Gasteiger partial charge >= 0.3 is 0 Å². The van der Waals surface area contributed by atoms with Crippen LogP contribution in [0.4, 0.5) is 5.82 Å². The first kappa shape index (κ1) is 20.4. The van der Waals surface area contributed by atoms with Crippen LogP contribution in [0.1, 0.15) is 28.2 Å². The summed E-state index contributed by atoms with van der Waals surface area (Å²) >= 11 is 0. The number of hydrogen-bond donors (Lipinski definition) is 4. The number of rotatable bonds is 7. The molecule has 1 aliphatic heterocycles. The summed E-state index contributed by atoms with van der Waals surface area (Å²) in [5.41, 5.74) is 13.1. The summed E-state index contributed by atoms with van der Waals surface area (Å²) in [5.74, 6) is 1.80. The Morgan fingerprint density at radius 3 is 2.77 bits per heavy atom. The van der Waals surface area contributed by atoms with E-state index in [1.165, 1.54) is 0 Å². The third kappa shape index (κ3) is 4.64. The number of carbonyl (C=O) groups is 1. The summed E-state index contributed by atoms with van der Waals surface area (Å²) < 4.78 is 10.8. The highest BCUT2D eigenvalue weighted by atomic mass is 16.7. The molecule has 0 saturated heterocycles. The predicted octanol–water partition coefficient (Wildman–Crippen LogP) is 0.966. The fourth-order valence-electron chi connectivity index (χ4n) is 3.20. The number of amides is 1. The number of nitrogens with two attached hydrogens (primary N) is 2. The molecule has 6 N–H and O–H groups in total. The number of fused-ring (bicyclic) bond motifs is 2. The van der Waals surface area contributed by atoms with E-state index in [-0.39, 0.29) is 25.3 Å². The van der Waals surface area contributed by atoms with E-state index in [0.717, 1.165) is 5.56 Å². The normalized spacial score (nSPS) is 12.0. The van der Waals surface area contributed by atoms with Gasteiger partial charge in [0.15, 0.2) is 23.3 Å². The minimum atomic E-state index is -0.255. The van der Waals surface area contributed by atoms with Gasteiger partial charge in [-0.3, -0.25) is 4.79 Å². The molecule has 0 saturated carbocycles. The molecular weight excluding hydrogens is 400 g/mol. The summed E-state index contributed by atoms with van der Waals surface area (Å²) in [5, 5.41) is 12.3. The first-order valence-corrected chi connectivity index (χ1v) is 9.71. The summed E-state index contributed by atoms with van der Waals surface area (Å²) in [7, 11) is 0. The Balaban J connectivity index is 1.69. The van der Waals surface area contributed by atoms with Crippen molar-refractivity contribution in [3.8, 4) is 11.5 Å². The summed E-state index contributed by atoms with van der Waals surface area (Å²) in [4.78, 5) is 25.6. The van der Waals surface area contributed by atoms with Crippen molar-refractivity contribution in [1.29, 1.82) is 0 Å². The first-order chi connectivity index (χ1) is 15.0. The van der Waals surface area contributed by atoms with Gasteiger partial charge in [0, 0.05) is 30.5 Å². The average Bonchev–Trinajstić information content (AvgIpc) is 3.21. The molecule has 0 unspecified atom stereocenters. The van der Waals surface area contributed by atoms with Crippen LogP contribution >= 0.6 is 0 Å². The number of ether oxygens (including phenoxy) is 2. The molecule has 0 aliphatic carbocycles. The lowest BCUT2D eigenvalue weighted by atomic mass is 10.1. The van der Waals surface area contributed by atoms with E-state index >= 15 is 0 Å². The van der Waals surface area contributed by atoms with Crippen LogP contribution in [0.15, 0.2) is 41.4 Å². The van der Waals surface area contributed by atoms with Crippen molar-refractivity contribution in [2.45, 2.75) is 12.8 Å². The van der Waals surface area contributed by atoms with E-state index in [0.29, 0.717) is 59.0 Å². The molecule has 1 aliphatic rings. The van der Waals surface area contributed by atoms with E-state index < -0.39 is 0 Å². The van der Waals surface area contributed by atoms with Gasteiger partial charge in [0.25, 0.3) is 5.91 Å². The third-order valence-corrected chi connectivity index (χ3v) is 4.64. The smallest absolute Gasteiger partial charge is 0.251 e. The molecule has 0 atom stereocenters. The Bertz CT molecular complexity index is 1160. The van der Waals surface area contributed by atoms with Gasteiger partial charge in [0.05, 0.1) is 5.52 Å². The summed E-state index contributed by atoms with van der Waals surface area (Å²) in [6.45, 7) is 0.588. The lowest BCUT2D eigenvalue weighted by Crippen LogP contribution is -2.25. The van der Waals surface area contributed by atoms with Crippen molar-refractivity contribution in [1.82, 2.24) is 15.3 Å². The number of aliphatic hydroxyl groups excluding tert-OH is 1. The number of aromatic nitrogens is 2. The summed E-state index contributed by atoms with van der Waals surface area (Å²) in [6, 6.07) is 10.7. The molecule has 0 spiro atoms. The Morgan fingerprint density at radius 2 is 1.97 bits per heavy atom. The molecule has 4 rings (SSSR count). The average molecular weight is 422 g/mol. The van der Waals surface area contributed by atoms with E-state index in [1.54, 1.807) is 18.2 Å². The predicted molar refractivity (Wildman–Crippen MR) is 114 cm³/mol. The maximum absolute atomic E-state index is 12.4. The van der Waals surface area contributed by atoms with Gasteiger partial charge in [-0.15, -0.1) is 0 Å². The van der Waals surface area contributed by atoms with E-state index in [4.69, 9.17) is 26.0 Å². The van der Waals surface area contributed by atoms with Crippen molar-refractivity contribution in [2.75, 3.05) is 19.9 Å². The standard InChI is InChI=1S/C21H22N6O4/c22-21(23)27-19-14-4-3-13(20(29)24-6-1-7-28)10-15(14)25-18(26-19)9-12-2-5-16-17(8-12)31-11-30-16/h2-5,8,10,28H,1,6-7,9,11H2,(H,24,29)(H4,22,23,25,26,27). The van der Waals surface area contributed by atoms with Gasteiger partial charge in [-0.2, -0.15) is 4.99 Å². The lowest BCUT2D eigenvalue weighted by Gasteiger charge is -2.09. The molecule has 1 aromatic heterocycles. The second-order valence-corrected chi connectivity index (χ2v) is 6.93. The highest BCUT2D eigenvalue weighted by Gasteiger charge is 2.16. The number of aliphatic hydroxyl groups is 1. The van der Waals surface area contributed by atoms with Crippen molar-refractivity contribution in [3.63, 3.8) is 0 Å². The van der Waals surface area contributed by atoms with E-state index in [1.807, 2.05) is 18.2 Å². The van der Waals surface area contributed by atoms with Crippen LogP contribution in [0.3, 0.4) is 0 Å². The molecule has 0 fully saturated rings. The van der Waals surface area contributed by atoms with Gasteiger partial charge in [-0.25, -0.2) is 9.97 Å². The van der Waals surface area contributed by atoms with Gasteiger partial charge in [-0.05, 0) is 42.3 Å². The number of benzene rings is 2. The van der Waals surface area contributed by atoms with Crippen LogP contribution in [0, 0.1) is 0 Å². The molecular formula is C21H22N6O4. The number of nitrogens with one attached hydrogen (secondary N) is 1. The fourth-order valence-corrected chi connectivity index (χ4v) is 3.20. The lowest BCUT2D eigenvalue weighted by molar-refractivity contribution is 0.0951. The van der Waals surface area contributed by atoms with Gasteiger partial charge in [0.1, 0.15) is 5.82 Å². The Hall–Kier alpha value is -3.92. The highest BCUT2D eigenvalue weighted by molar-refractivity contribution is 6.00. The van der Waals surface area contributed by atoms with Crippen molar-refractivity contribution in [2.24, 2.45) is 16.5 Å². The number of nitrogens with zero attached hydrogens (tertiary/aromatic N) is 3. The Morgan fingerprint density at radius 1 is 1.13 bits per heavy atom. The Kier molecular flexibility index (Phi) is 5.80. The third-order valence-electron chi connectivity index (χ3n) is 4.64. The maximum atomic E-state index is 12.4. The number of guanidine groups is 1. The van der Waals surface area contributed by atoms with Crippen LogP contribution in [-0.4, -0.2) is 46.9 Å². The van der Waals surface area contributed by atoms with Crippen LogP contribution in [0.25, 0.3) is 10.9 Å². The van der Waals surface area contributed by atoms with Crippen LogP contribution in [0.5, 0.6) is 11.5 Å². The summed E-state index contributed by atoms with van der Waals surface area (Å²) in [6.07, 6.45) is 0.891. The zero-order chi connectivity index (χ0) is 21.8. The molecule has 0 bridgehead atoms. The second-order valence-electron chi connectivity index (χ2n) is 6.93. The molecule has 2 aromatic carbocycles. The second kappa shape index (κ2) is 8.84. The highest BCUT2D eigenvalue weighted by Crippen LogP contribution is 2.33. The van der Waals surface area contributed by atoms with Crippen molar-refractivity contribution < 1.29 is 19.4 Å². The van der Waals surface area contributed by atoms with E-state index in [9.17, 15) is 4.79 Å². The van der Waals surface area contributed by atoms with Gasteiger partial charge in [0.2, 0.25) is 6.79 Å². The molecule has 3 aromatic rings. The monoisotopic (exact) mass is 422 g/mol. The number of carbonyl (C=O) groups excluding carboxylic acids is 1. The topological polar surface area (TPSA) is 158 Å². The SMILES string of the molecule is NC(N)=Nc1nc(Cc2ccc3c(c2)OCO3)nc2cc(C(=O)NCCCO)ccc12. The number of aliphatic imine (C=N–C) groups is 1. The molecule has 10 heteroatoms. The zero-order valence-electron chi connectivity index (χ0n) is 16.7. The van der Waals surface area contributed by atoms with Crippen LogP contribution in [-0.2, 0) is 6.42 Å². The molecule has 0 radical (unpaired) electrons. The molecule has 10 nitrogen and oxygen atoms in total. The van der Waals surface area contributed by atoms with E-state index in [2.05, 4.69) is 20.3 Å². The van der Waals surface area contributed by atoms with Gasteiger partial charge < -0.3 is 31.4 Å². The van der Waals surface area contributed by atoms with Crippen LogP contribution in [0.2, 0.25) is 0 Å². The molecule has 31 heavy (non-hydrogen) atoms. The quantitative estimate of drug-likeness (QED) is 0.249. The van der Waals surface area contributed by atoms with Crippen molar-refractivity contribution in [3.05, 3.63) is 53.3 Å². The zero-order valence-corrected chi connectivity index (χ0v) is 16.7.